The Kier molecular flexibility index (Phi) is 5.97. The number of benzene rings is 2. The van der Waals surface area contributed by atoms with E-state index in [-0.39, 0.29) is 18.1 Å². The van der Waals surface area contributed by atoms with Gasteiger partial charge in [0.25, 0.3) is 5.22 Å². The summed E-state index contributed by atoms with van der Waals surface area (Å²) in [6, 6.07) is 13.4. The van der Waals surface area contributed by atoms with E-state index in [1.807, 2.05) is 18.2 Å². The van der Waals surface area contributed by atoms with Gasteiger partial charge in [0.05, 0.1) is 18.9 Å². The van der Waals surface area contributed by atoms with E-state index < -0.39 is 12.0 Å². The maximum Gasteiger partial charge on any atom is 0.257 e. The van der Waals surface area contributed by atoms with Gasteiger partial charge in [-0.2, -0.15) is 0 Å². The fourth-order valence-electron chi connectivity index (χ4n) is 2.53. The zero-order chi connectivity index (χ0) is 19.2. The van der Waals surface area contributed by atoms with Crippen LogP contribution in [-0.2, 0) is 9.59 Å². The van der Waals surface area contributed by atoms with Crippen LogP contribution in [0.4, 0.5) is 0 Å². The van der Waals surface area contributed by atoms with Crippen molar-refractivity contribution < 1.29 is 23.8 Å². The van der Waals surface area contributed by atoms with E-state index in [0.717, 1.165) is 11.8 Å². The van der Waals surface area contributed by atoms with Gasteiger partial charge in [0.15, 0.2) is 5.58 Å². The first-order valence-corrected chi connectivity index (χ1v) is 9.15. The number of ether oxygens (including phenoxy) is 1. The summed E-state index contributed by atoms with van der Waals surface area (Å²) in [5, 5.41) is 14.1. The second kappa shape index (κ2) is 8.59. The molecule has 1 heterocycles. The third-order valence-electron chi connectivity index (χ3n) is 3.83. The summed E-state index contributed by atoms with van der Waals surface area (Å²) in [4.78, 5) is 27.6. The van der Waals surface area contributed by atoms with Crippen LogP contribution in [0, 0.1) is 0 Å². The molecule has 0 unspecified atom stereocenters. The Bertz CT molecular complexity index is 906. The number of thioether (sulfide) groups is 1. The molecule has 0 aliphatic heterocycles. The number of aliphatic carboxylic acids is 1. The van der Waals surface area contributed by atoms with Crippen molar-refractivity contribution in [2.24, 2.45) is 0 Å². The van der Waals surface area contributed by atoms with E-state index in [1.54, 1.807) is 37.4 Å². The molecular formula is C19H17N2O5S-. The summed E-state index contributed by atoms with van der Waals surface area (Å²) in [5.41, 5.74) is 2.02. The third kappa shape index (κ3) is 5.01. The molecule has 0 saturated carbocycles. The van der Waals surface area contributed by atoms with Crippen molar-refractivity contribution in [2.45, 2.75) is 17.7 Å². The number of carbonyl (C=O) groups excluding carboxylic acids is 2. The number of amides is 1. The summed E-state index contributed by atoms with van der Waals surface area (Å²) in [6.07, 6.45) is -0.328. The van der Waals surface area contributed by atoms with Crippen LogP contribution in [0.5, 0.6) is 5.75 Å². The fourth-order valence-corrected chi connectivity index (χ4v) is 3.18. The van der Waals surface area contributed by atoms with Crippen molar-refractivity contribution in [1.29, 1.82) is 0 Å². The second-order valence-corrected chi connectivity index (χ2v) is 6.63. The van der Waals surface area contributed by atoms with Gasteiger partial charge in [0, 0.05) is 12.4 Å². The number of nitrogens with one attached hydrogen (secondary N) is 1. The molecule has 2 aromatic carbocycles. The lowest BCUT2D eigenvalue weighted by atomic mass is 10.0. The molecule has 8 heteroatoms. The molecule has 1 aromatic heterocycles. The second-order valence-electron chi connectivity index (χ2n) is 5.71. The molecule has 3 rings (SSSR count). The van der Waals surface area contributed by atoms with E-state index in [1.165, 1.54) is 0 Å². The number of carboxylic acids is 1. The predicted octanol–water partition coefficient (Wildman–Crippen LogP) is 1.93. The number of nitrogens with zero attached hydrogens (tertiary/aromatic N) is 1. The summed E-state index contributed by atoms with van der Waals surface area (Å²) in [7, 11) is 1.54. The van der Waals surface area contributed by atoms with Crippen LogP contribution < -0.4 is 15.2 Å². The number of methoxy groups -OCH3 is 1. The highest BCUT2D eigenvalue weighted by molar-refractivity contribution is 7.99. The highest BCUT2D eigenvalue weighted by Gasteiger charge is 2.16. The number of oxazole rings is 1. The Labute approximate surface area is 159 Å². The summed E-state index contributed by atoms with van der Waals surface area (Å²) >= 11 is 1.14. The topological polar surface area (TPSA) is 104 Å². The van der Waals surface area contributed by atoms with Crippen LogP contribution in [0.1, 0.15) is 18.0 Å². The number of fused-ring (bicyclic) bond motifs is 1. The van der Waals surface area contributed by atoms with Gasteiger partial charge in [-0.1, -0.05) is 36.0 Å². The molecule has 0 saturated heterocycles. The minimum absolute atomic E-state index is 0.0481. The first-order valence-electron chi connectivity index (χ1n) is 8.16. The van der Waals surface area contributed by atoms with Crippen LogP contribution in [0.15, 0.2) is 58.2 Å². The average Bonchev–Trinajstić information content (AvgIpc) is 3.08. The van der Waals surface area contributed by atoms with E-state index in [2.05, 4.69) is 10.3 Å². The molecular weight excluding hydrogens is 368 g/mol. The van der Waals surface area contributed by atoms with Gasteiger partial charge in [-0.05, 0) is 29.8 Å². The van der Waals surface area contributed by atoms with Gasteiger partial charge in [-0.25, -0.2) is 4.98 Å². The van der Waals surface area contributed by atoms with Crippen molar-refractivity contribution in [2.75, 3.05) is 12.9 Å². The molecule has 1 amide bonds. The first kappa shape index (κ1) is 18.8. The van der Waals surface area contributed by atoms with E-state index >= 15 is 0 Å². The number of para-hydroxylation sites is 2. The lowest BCUT2D eigenvalue weighted by molar-refractivity contribution is -0.306. The standard InChI is InChI=1S/C19H18N2O5S/c1-25-13-8-6-12(7-9-13)15(10-18(23)24)20-17(22)11-27-19-21-14-4-2-3-5-16(14)26-19/h2-9,15H,10-11H2,1H3,(H,20,22)(H,23,24)/p-1/t15-/m0/s1. The Morgan fingerprint density at radius 2 is 1.96 bits per heavy atom. The Balaban J connectivity index is 1.63. The normalized spacial score (nSPS) is 11.9. The number of rotatable bonds is 8. The number of hydrogen-bond donors (Lipinski definition) is 1. The number of hydrogen-bond acceptors (Lipinski definition) is 7. The number of aromatic nitrogens is 1. The van der Waals surface area contributed by atoms with Crippen LogP contribution >= 0.6 is 11.8 Å². The van der Waals surface area contributed by atoms with Crippen molar-refractivity contribution >= 4 is 34.7 Å². The van der Waals surface area contributed by atoms with Crippen molar-refractivity contribution in [3.05, 3.63) is 54.1 Å². The molecule has 0 radical (unpaired) electrons. The molecule has 0 aliphatic rings. The quantitative estimate of drug-likeness (QED) is 0.591. The maximum atomic E-state index is 12.3. The van der Waals surface area contributed by atoms with Gasteiger partial charge in [0.2, 0.25) is 5.91 Å². The molecule has 0 aliphatic carbocycles. The predicted molar refractivity (Wildman–Crippen MR) is 98.2 cm³/mol. The first-order chi connectivity index (χ1) is 13.0. The number of carbonyl (C=O) groups is 2. The van der Waals surface area contributed by atoms with Gasteiger partial charge in [0.1, 0.15) is 11.3 Å². The monoisotopic (exact) mass is 385 g/mol. The lowest BCUT2D eigenvalue weighted by Crippen LogP contribution is -2.35. The molecule has 140 valence electrons. The largest absolute Gasteiger partial charge is 0.550 e. The average molecular weight is 385 g/mol. The van der Waals surface area contributed by atoms with E-state index in [4.69, 9.17) is 9.15 Å². The van der Waals surface area contributed by atoms with Crippen molar-refractivity contribution in [3.63, 3.8) is 0 Å². The summed E-state index contributed by atoms with van der Waals surface area (Å²) in [5.74, 6) is -0.886. The van der Waals surface area contributed by atoms with Crippen LogP contribution in [-0.4, -0.2) is 29.7 Å². The van der Waals surface area contributed by atoms with Gasteiger partial charge in [-0.3, -0.25) is 4.79 Å². The summed E-state index contributed by atoms with van der Waals surface area (Å²) < 4.78 is 10.6. The minimum atomic E-state index is -1.25. The van der Waals surface area contributed by atoms with Crippen LogP contribution in [0.2, 0.25) is 0 Å². The maximum absolute atomic E-state index is 12.3. The van der Waals surface area contributed by atoms with Gasteiger partial charge >= 0.3 is 0 Å². The zero-order valence-corrected chi connectivity index (χ0v) is 15.3. The number of carboxylic acid groups (broad SMARTS) is 1. The van der Waals surface area contributed by atoms with Crippen molar-refractivity contribution in [3.8, 4) is 5.75 Å². The van der Waals surface area contributed by atoms with Crippen molar-refractivity contribution in [1.82, 2.24) is 10.3 Å². The summed E-state index contributed by atoms with van der Waals surface area (Å²) in [6.45, 7) is 0. The third-order valence-corrected chi connectivity index (χ3v) is 4.65. The van der Waals surface area contributed by atoms with Crippen LogP contribution in [0.3, 0.4) is 0 Å². The molecule has 0 spiro atoms. The Morgan fingerprint density at radius 3 is 2.63 bits per heavy atom. The highest BCUT2D eigenvalue weighted by atomic mass is 32.2. The van der Waals surface area contributed by atoms with E-state index in [0.29, 0.717) is 27.6 Å². The van der Waals surface area contributed by atoms with Crippen LogP contribution in [0.25, 0.3) is 11.1 Å². The Morgan fingerprint density at radius 1 is 1.22 bits per heavy atom. The molecule has 3 aromatic rings. The Hall–Kier alpha value is -3.00. The highest BCUT2D eigenvalue weighted by Crippen LogP contribution is 2.24. The molecule has 0 fully saturated rings. The molecule has 27 heavy (non-hydrogen) atoms. The minimum Gasteiger partial charge on any atom is -0.550 e. The SMILES string of the molecule is COc1ccc([C@H](CC(=O)[O-])NC(=O)CSc2nc3ccccc3o2)cc1. The molecule has 1 atom stereocenters. The molecule has 0 bridgehead atoms. The van der Waals surface area contributed by atoms with Gasteiger partial charge < -0.3 is 24.4 Å². The molecule has 7 nitrogen and oxygen atoms in total. The molecule has 1 N–H and O–H groups in total. The van der Waals surface area contributed by atoms with Gasteiger partial charge in [-0.15, -0.1) is 0 Å². The zero-order valence-electron chi connectivity index (χ0n) is 14.5. The fraction of sp³-hybridized carbons (Fsp3) is 0.211. The lowest BCUT2D eigenvalue weighted by Gasteiger charge is -2.20. The smallest absolute Gasteiger partial charge is 0.257 e. The van der Waals surface area contributed by atoms with E-state index in [9.17, 15) is 14.7 Å².